The number of amides is 3. The normalized spacial score (nSPS) is 26.3. The number of nitrogens with one attached hydrogen (secondary N) is 2. The van der Waals surface area contributed by atoms with Crippen molar-refractivity contribution in [3.63, 3.8) is 0 Å². The molecule has 3 aliphatic rings. The van der Waals surface area contributed by atoms with Crippen LogP contribution in [0.5, 0.6) is 5.75 Å². The topological polar surface area (TPSA) is 156 Å². The molecular weight excluding hydrogens is 600 g/mol. The van der Waals surface area contributed by atoms with Gasteiger partial charge in [0.25, 0.3) is 5.91 Å². The highest BCUT2D eigenvalue weighted by Crippen LogP contribution is 2.53. The van der Waals surface area contributed by atoms with Gasteiger partial charge in [0.2, 0.25) is 11.8 Å². The molecule has 0 radical (unpaired) electrons. The van der Waals surface area contributed by atoms with E-state index in [-0.39, 0.29) is 42.8 Å². The van der Waals surface area contributed by atoms with E-state index in [1.54, 1.807) is 12.2 Å². The molecule has 11 heteroatoms. The zero-order valence-electron chi connectivity index (χ0n) is 27.6. The van der Waals surface area contributed by atoms with Gasteiger partial charge in [-0.15, -0.1) is 0 Å². The Hall–Kier alpha value is -3.95. The Morgan fingerprint density at radius 3 is 2.53 bits per heavy atom. The largest absolute Gasteiger partial charge is 0.497 e. The summed E-state index contributed by atoms with van der Waals surface area (Å²) >= 11 is 0. The quantitative estimate of drug-likeness (QED) is 0.147. The number of hydroxylamine groups is 2. The highest BCUT2D eigenvalue weighted by molar-refractivity contribution is 5.90. The third-order valence-electron chi connectivity index (χ3n) is 8.88. The average molecular weight is 647 g/mol. The van der Waals surface area contributed by atoms with Crippen LogP contribution in [0.3, 0.4) is 0 Å². The Kier molecular flexibility index (Phi) is 10.6. The van der Waals surface area contributed by atoms with Crippen LogP contribution in [0.25, 0.3) is 0 Å². The van der Waals surface area contributed by atoms with Gasteiger partial charge in [0.05, 0.1) is 31.8 Å². The van der Waals surface area contributed by atoms with Gasteiger partial charge >= 0.3 is 0 Å². The summed E-state index contributed by atoms with van der Waals surface area (Å²) in [6.07, 6.45) is 0.555. The van der Waals surface area contributed by atoms with Crippen LogP contribution in [0, 0.1) is 23.2 Å². The van der Waals surface area contributed by atoms with Crippen molar-refractivity contribution in [1.29, 1.82) is 0 Å². The minimum atomic E-state index is -1.53. The van der Waals surface area contributed by atoms with E-state index < -0.39 is 35.7 Å². The molecule has 2 saturated heterocycles. The van der Waals surface area contributed by atoms with Gasteiger partial charge in [-0.3, -0.25) is 19.2 Å². The predicted molar refractivity (Wildman–Crippen MR) is 174 cm³/mol. The summed E-state index contributed by atoms with van der Waals surface area (Å²) in [5.41, 5.74) is 5.98. The molecule has 2 aromatic carbocycles. The zero-order valence-corrected chi connectivity index (χ0v) is 27.6. The number of hydrogen-bond donors (Lipinski definition) is 4. The third-order valence-corrected chi connectivity index (χ3v) is 8.88. The molecule has 3 amide bonds. The van der Waals surface area contributed by atoms with Crippen LogP contribution >= 0.6 is 0 Å². The van der Waals surface area contributed by atoms with Gasteiger partial charge in [0.1, 0.15) is 17.9 Å². The van der Waals surface area contributed by atoms with Crippen LogP contribution in [0.1, 0.15) is 69.6 Å². The van der Waals surface area contributed by atoms with Crippen molar-refractivity contribution < 1.29 is 33.8 Å². The number of epoxide rings is 1. The first-order valence-electron chi connectivity index (χ1n) is 16.3. The number of unbranched alkanes of at least 4 members (excludes halogenated alkanes) is 2. The predicted octanol–water partition coefficient (Wildman–Crippen LogP) is 2.57. The highest BCUT2D eigenvalue weighted by atomic mass is 16.7. The molecule has 2 aliphatic heterocycles. The average Bonchev–Trinajstić information content (AvgIpc) is 3.74. The van der Waals surface area contributed by atoms with Gasteiger partial charge in [0.15, 0.2) is 5.60 Å². The van der Waals surface area contributed by atoms with E-state index in [0.717, 1.165) is 16.7 Å². The van der Waals surface area contributed by atoms with Crippen molar-refractivity contribution in [2.45, 2.75) is 95.9 Å². The molecule has 0 aromatic heterocycles. The zero-order chi connectivity index (χ0) is 33.8. The molecule has 3 fully saturated rings. The monoisotopic (exact) mass is 646 g/mol. The number of rotatable bonds is 13. The third kappa shape index (κ3) is 8.14. The van der Waals surface area contributed by atoms with Crippen LogP contribution in [0.15, 0.2) is 48.5 Å². The summed E-state index contributed by atoms with van der Waals surface area (Å²) in [7, 11) is 1.59. The summed E-state index contributed by atoms with van der Waals surface area (Å²) in [6, 6.07) is 14.0. The number of aliphatic hydroxyl groups is 1. The number of ether oxygens (including phenoxy) is 2. The molecule has 47 heavy (non-hydrogen) atoms. The number of aliphatic hydroxyl groups excluding tert-OH is 1. The number of primary amides is 1. The molecular formula is C36H46N4O7. The molecule has 1 aliphatic carbocycles. The van der Waals surface area contributed by atoms with Crippen molar-refractivity contribution in [2.24, 2.45) is 17.1 Å². The van der Waals surface area contributed by atoms with Gasteiger partial charge in [-0.25, -0.2) is 0 Å². The second kappa shape index (κ2) is 14.4. The Bertz CT molecular complexity index is 1510. The van der Waals surface area contributed by atoms with Crippen molar-refractivity contribution in [2.75, 3.05) is 13.7 Å². The molecule has 1 saturated carbocycles. The second-order valence-corrected chi connectivity index (χ2v) is 13.6. The number of methoxy groups -OCH3 is 1. The van der Waals surface area contributed by atoms with Crippen LogP contribution in [0.4, 0.5) is 0 Å². The maximum atomic E-state index is 14.2. The van der Waals surface area contributed by atoms with E-state index in [2.05, 4.69) is 22.5 Å². The summed E-state index contributed by atoms with van der Waals surface area (Å²) in [5, 5.41) is 19.1. The lowest BCUT2D eigenvalue weighted by Gasteiger charge is -2.37. The molecule has 252 valence electrons. The number of fused-ring (bicyclic) bond motifs is 2. The molecule has 2 aromatic rings. The standard InChI is InChI=1S/C36H46N4O7/c1-35(2,3)18-17-24-10-7-8-11-25(24)22-40-30(33(43)39-21-23-13-15-26(45-4)16-14-23)29-31(42)32-27(46-32)20-36(29,47-40)34(44)38-19-9-5-6-12-28(37)41/h7-8,10-11,13-16,27,29-32,42H,5-6,9,12,19-22H2,1-4H3,(H2,37,41)(H,38,44)(H,39,43)/t27?,29?,30?,31-,32?,36-/m0/s1. The van der Waals surface area contributed by atoms with E-state index in [0.29, 0.717) is 38.0 Å². The molecule has 6 atom stereocenters. The van der Waals surface area contributed by atoms with Crippen LogP contribution in [-0.4, -0.2) is 71.5 Å². The fourth-order valence-corrected chi connectivity index (χ4v) is 6.42. The Morgan fingerprint density at radius 2 is 1.83 bits per heavy atom. The van der Waals surface area contributed by atoms with Crippen molar-refractivity contribution in [3.05, 3.63) is 65.2 Å². The van der Waals surface area contributed by atoms with Crippen molar-refractivity contribution in [3.8, 4) is 17.6 Å². The van der Waals surface area contributed by atoms with Gasteiger partial charge in [-0.1, -0.05) is 48.6 Å². The molecule has 5 N–H and O–H groups in total. The Morgan fingerprint density at radius 1 is 1.09 bits per heavy atom. The van der Waals surface area contributed by atoms with E-state index >= 15 is 0 Å². The van der Waals surface area contributed by atoms with E-state index in [4.69, 9.17) is 20.0 Å². The number of carbonyl (C=O) groups excluding carboxylic acids is 3. The van der Waals surface area contributed by atoms with Gasteiger partial charge in [0, 0.05) is 36.9 Å². The smallest absolute Gasteiger partial charge is 0.254 e. The minimum absolute atomic E-state index is 0.164. The second-order valence-electron chi connectivity index (χ2n) is 13.6. The van der Waals surface area contributed by atoms with E-state index in [1.165, 1.54) is 0 Å². The lowest BCUT2D eigenvalue weighted by atomic mass is 9.70. The van der Waals surface area contributed by atoms with Gasteiger partial charge in [-0.05, 0) is 62.9 Å². The fraction of sp³-hybridized carbons (Fsp3) is 0.528. The van der Waals surface area contributed by atoms with E-state index in [9.17, 15) is 19.5 Å². The minimum Gasteiger partial charge on any atom is -0.497 e. The summed E-state index contributed by atoms with van der Waals surface area (Å²) in [4.78, 5) is 45.9. The first-order chi connectivity index (χ1) is 22.4. The van der Waals surface area contributed by atoms with Crippen molar-refractivity contribution >= 4 is 17.7 Å². The molecule has 5 rings (SSSR count). The molecule has 0 bridgehead atoms. The van der Waals surface area contributed by atoms with Crippen LogP contribution in [0.2, 0.25) is 0 Å². The first-order valence-corrected chi connectivity index (χ1v) is 16.3. The molecule has 11 nitrogen and oxygen atoms in total. The van der Waals surface area contributed by atoms with Crippen molar-refractivity contribution in [1.82, 2.24) is 15.7 Å². The Balaban J connectivity index is 1.43. The lowest BCUT2D eigenvalue weighted by Crippen LogP contribution is -2.61. The number of nitrogens with zero attached hydrogens (tertiary/aromatic N) is 1. The maximum absolute atomic E-state index is 14.2. The van der Waals surface area contributed by atoms with Gasteiger partial charge < -0.3 is 30.9 Å². The highest BCUT2D eigenvalue weighted by Gasteiger charge is 2.72. The Labute approximate surface area is 276 Å². The molecule has 2 heterocycles. The summed E-state index contributed by atoms with van der Waals surface area (Å²) < 4.78 is 11.0. The maximum Gasteiger partial charge on any atom is 0.254 e. The SMILES string of the molecule is COc1ccc(CNC(=O)C2C3[C@H](O)C4OC4C[C@]3(C(=O)NCCCCCC(N)=O)ON2Cc2ccccc2C#CC(C)(C)C)cc1. The number of nitrogens with two attached hydrogens (primary N) is 1. The first kappa shape index (κ1) is 34.4. The summed E-state index contributed by atoms with van der Waals surface area (Å²) in [5.74, 6) is 5.23. The summed E-state index contributed by atoms with van der Waals surface area (Å²) in [6.45, 7) is 6.85. The van der Waals surface area contributed by atoms with E-state index in [1.807, 2.05) is 69.3 Å². The van der Waals surface area contributed by atoms with Crippen LogP contribution < -0.4 is 21.1 Å². The lowest BCUT2D eigenvalue weighted by molar-refractivity contribution is -0.219. The fourth-order valence-electron chi connectivity index (χ4n) is 6.42. The van der Waals surface area contributed by atoms with Gasteiger partial charge in [-0.2, -0.15) is 5.06 Å². The number of hydrogen-bond acceptors (Lipinski definition) is 8. The number of benzene rings is 2. The number of carbonyl (C=O) groups is 3. The molecule has 4 unspecified atom stereocenters. The molecule has 0 spiro atoms. The van der Waals surface area contributed by atoms with Crippen LogP contribution in [-0.2, 0) is 37.0 Å².